The third-order valence-electron chi connectivity index (χ3n) is 6.69. The van der Waals surface area contributed by atoms with Crippen molar-refractivity contribution in [2.45, 2.75) is 40.5 Å². The fourth-order valence-corrected chi connectivity index (χ4v) is 4.81. The molecule has 0 radical (unpaired) electrons. The summed E-state index contributed by atoms with van der Waals surface area (Å²) < 4.78 is 11.1. The number of rotatable bonds is 4. The molecule has 0 spiro atoms. The average Bonchev–Trinajstić information content (AvgIpc) is 3.25. The van der Waals surface area contributed by atoms with Crippen LogP contribution in [0.4, 0.5) is 0 Å². The molecule has 1 saturated carbocycles. The van der Waals surface area contributed by atoms with Gasteiger partial charge in [0.15, 0.2) is 17.3 Å². The van der Waals surface area contributed by atoms with E-state index in [1.54, 1.807) is 6.07 Å². The predicted molar refractivity (Wildman–Crippen MR) is 111 cm³/mol. The SMILES string of the molecule is CC(C)=C[C@H]1[C@H](C(=O)N2CCC(C(=O)c3ccc4c(c3)OCCO4)CC2)C1(C)C. The Morgan fingerprint density at radius 2 is 1.72 bits per heavy atom. The smallest absolute Gasteiger partial charge is 0.226 e. The van der Waals surface area contributed by atoms with E-state index in [-0.39, 0.29) is 28.9 Å². The molecular weight excluding hydrogens is 366 g/mol. The van der Waals surface area contributed by atoms with Crippen LogP contribution in [0.15, 0.2) is 29.8 Å². The second kappa shape index (κ2) is 7.51. The number of hydrogen-bond acceptors (Lipinski definition) is 4. The van der Waals surface area contributed by atoms with E-state index in [0.29, 0.717) is 49.3 Å². The number of ether oxygens (including phenoxy) is 2. The van der Waals surface area contributed by atoms with Crippen molar-refractivity contribution in [3.63, 3.8) is 0 Å². The van der Waals surface area contributed by atoms with Crippen LogP contribution >= 0.6 is 0 Å². The summed E-state index contributed by atoms with van der Waals surface area (Å²) in [7, 11) is 0. The molecule has 1 aliphatic carbocycles. The van der Waals surface area contributed by atoms with Gasteiger partial charge in [-0.1, -0.05) is 25.5 Å². The molecule has 3 aliphatic rings. The monoisotopic (exact) mass is 397 g/mol. The lowest BCUT2D eigenvalue weighted by molar-refractivity contribution is -0.134. The molecule has 2 fully saturated rings. The third-order valence-corrected chi connectivity index (χ3v) is 6.69. The van der Waals surface area contributed by atoms with Gasteiger partial charge in [-0.3, -0.25) is 9.59 Å². The van der Waals surface area contributed by atoms with Crippen molar-refractivity contribution in [3.8, 4) is 11.5 Å². The number of ketones is 1. The highest BCUT2D eigenvalue weighted by atomic mass is 16.6. The Labute approximate surface area is 173 Å². The van der Waals surface area contributed by atoms with Gasteiger partial charge in [0, 0.05) is 24.6 Å². The molecule has 2 atom stereocenters. The lowest BCUT2D eigenvalue weighted by Crippen LogP contribution is -2.41. The van der Waals surface area contributed by atoms with Gasteiger partial charge in [0.1, 0.15) is 13.2 Å². The largest absolute Gasteiger partial charge is 0.486 e. The summed E-state index contributed by atoms with van der Waals surface area (Å²) in [4.78, 5) is 28.0. The van der Waals surface area contributed by atoms with E-state index in [9.17, 15) is 9.59 Å². The second-order valence-corrected chi connectivity index (χ2v) is 9.39. The Kier molecular flexibility index (Phi) is 5.18. The summed E-state index contributed by atoms with van der Waals surface area (Å²) in [6, 6.07) is 5.44. The van der Waals surface area contributed by atoms with Crippen molar-refractivity contribution in [1.82, 2.24) is 4.90 Å². The van der Waals surface area contributed by atoms with E-state index in [1.807, 2.05) is 17.0 Å². The van der Waals surface area contributed by atoms with Crippen LogP contribution in [-0.4, -0.2) is 42.9 Å². The molecule has 0 N–H and O–H groups in total. The number of likely N-dealkylation sites (tertiary alicyclic amines) is 1. The van der Waals surface area contributed by atoms with Gasteiger partial charge in [-0.15, -0.1) is 0 Å². The summed E-state index contributed by atoms with van der Waals surface area (Å²) >= 11 is 0. The van der Waals surface area contributed by atoms with Crippen LogP contribution in [0, 0.1) is 23.2 Å². The lowest BCUT2D eigenvalue weighted by Gasteiger charge is -2.32. The minimum Gasteiger partial charge on any atom is -0.486 e. The van der Waals surface area contributed by atoms with Crippen LogP contribution < -0.4 is 9.47 Å². The van der Waals surface area contributed by atoms with Crippen LogP contribution in [0.5, 0.6) is 11.5 Å². The zero-order chi connectivity index (χ0) is 20.8. The van der Waals surface area contributed by atoms with Gasteiger partial charge in [0.25, 0.3) is 0 Å². The fourth-order valence-electron chi connectivity index (χ4n) is 4.81. The molecule has 1 aromatic rings. The van der Waals surface area contributed by atoms with E-state index in [1.165, 1.54) is 5.57 Å². The average molecular weight is 398 g/mol. The molecule has 29 heavy (non-hydrogen) atoms. The number of nitrogens with zero attached hydrogens (tertiary/aromatic N) is 1. The number of Topliss-reactive ketones (excluding diaryl/α,β-unsaturated/α-hetero) is 1. The maximum atomic E-state index is 13.1. The zero-order valence-electron chi connectivity index (χ0n) is 17.9. The molecule has 0 aromatic heterocycles. The molecule has 5 nitrogen and oxygen atoms in total. The van der Waals surface area contributed by atoms with Gasteiger partial charge in [0.2, 0.25) is 5.91 Å². The first kappa shape index (κ1) is 20.0. The number of amides is 1. The molecule has 1 amide bonds. The van der Waals surface area contributed by atoms with Crippen molar-refractivity contribution in [3.05, 3.63) is 35.4 Å². The standard InChI is InChI=1S/C24H31NO4/c1-15(2)13-18-21(24(18,3)4)23(27)25-9-7-16(8-10-25)22(26)17-5-6-19-20(14-17)29-12-11-28-19/h5-6,13-14,16,18,21H,7-12H2,1-4H3/t18-,21+/m0/s1. The number of piperidine rings is 1. The first-order valence-electron chi connectivity index (χ1n) is 10.7. The van der Waals surface area contributed by atoms with Crippen LogP contribution in [-0.2, 0) is 4.79 Å². The molecule has 0 bridgehead atoms. The summed E-state index contributed by atoms with van der Waals surface area (Å²) in [5.41, 5.74) is 1.97. The van der Waals surface area contributed by atoms with E-state index in [2.05, 4.69) is 33.8 Å². The summed E-state index contributed by atoms with van der Waals surface area (Å²) in [5.74, 6) is 2.11. The Hall–Kier alpha value is -2.30. The number of benzene rings is 1. The van der Waals surface area contributed by atoms with Crippen molar-refractivity contribution < 1.29 is 19.1 Å². The maximum Gasteiger partial charge on any atom is 0.226 e. The van der Waals surface area contributed by atoms with Crippen LogP contribution in [0.3, 0.4) is 0 Å². The van der Waals surface area contributed by atoms with E-state index in [0.717, 1.165) is 12.8 Å². The van der Waals surface area contributed by atoms with Crippen molar-refractivity contribution in [2.24, 2.45) is 23.2 Å². The molecule has 5 heteroatoms. The van der Waals surface area contributed by atoms with Gasteiger partial charge < -0.3 is 14.4 Å². The van der Waals surface area contributed by atoms with Gasteiger partial charge in [-0.25, -0.2) is 0 Å². The quantitative estimate of drug-likeness (QED) is 0.567. The zero-order valence-corrected chi connectivity index (χ0v) is 17.9. The normalized spacial score (nSPS) is 25.3. The Balaban J connectivity index is 1.36. The number of carbonyl (C=O) groups is 2. The van der Waals surface area contributed by atoms with Crippen molar-refractivity contribution in [1.29, 1.82) is 0 Å². The molecule has 0 unspecified atom stereocenters. The van der Waals surface area contributed by atoms with Crippen molar-refractivity contribution in [2.75, 3.05) is 26.3 Å². The molecule has 1 aromatic carbocycles. The molecule has 2 aliphatic heterocycles. The minimum absolute atomic E-state index is 0.0340. The predicted octanol–water partition coefficient (Wildman–Crippen LogP) is 4.12. The second-order valence-electron chi connectivity index (χ2n) is 9.39. The highest BCUT2D eigenvalue weighted by Crippen LogP contribution is 2.60. The van der Waals surface area contributed by atoms with Crippen LogP contribution in [0.25, 0.3) is 0 Å². The van der Waals surface area contributed by atoms with Crippen LogP contribution in [0.2, 0.25) is 0 Å². The third kappa shape index (κ3) is 3.79. The fraction of sp³-hybridized carbons (Fsp3) is 0.583. The Morgan fingerprint density at radius 3 is 2.38 bits per heavy atom. The first-order chi connectivity index (χ1) is 13.8. The summed E-state index contributed by atoms with van der Waals surface area (Å²) in [5, 5.41) is 0. The van der Waals surface area contributed by atoms with E-state index >= 15 is 0 Å². The first-order valence-corrected chi connectivity index (χ1v) is 10.7. The van der Waals surface area contributed by atoms with Gasteiger partial charge >= 0.3 is 0 Å². The number of allylic oxidation sites excluding steroid dienone is 2. The topological polar surface area (TPSA) is 55.8 Å². The van der Waals surface area contributed by atoms with Gasteiger partial charge in [-0.2, -0.15) is 0 Å². The van der Waals surface area contributed by atoms with Gasteiger partial charge in [-0.05, 0) is 56.2 Å². The number of fused-ring (bicyclic) bond motifs is 1. The molecule has 2 heterocycles. The highest BCUT2D eigenvalue weighted by Gasteiger charge is 2.61. The Morgan fingerprint density at radius 1 is 1.07 bits per heavy atom. The minimum atomic E-state index is -0.0394. The van der Waals surface area contributed by atoms with E-state index < -0.39 is 0 Å². The van der Waals surface area contributed by atoms with E-state index in [4.69, 9.17) is 9.47 Å². The Bertz CT molecular complexity index is 844. The molecule has 1 saturated heterocycles. The maximum absolute atomic E-state index is 13.1. The molecule has 4 rings (SSSR count). The number of hydrogen-bond donors (Lipinski definition) is 0. The highest BCUT2D eigenvalue weighted by molar-refractivity contribution is 5.98. The van der Waals surface area contributed by atoms with Crippen LogP contribution in [0.1, 0.15) is 50.9 Å². The lowest BCUT2D eigenvalue weighted by atomic mass is 9.88. The number of carbonyl (C=O) groups excluding carboxylic acids is 2. The van der Waals surface area contributed by atoms with Crippen molar-refractivity contribution >= 4 is 11.7 Å². The summed E-state index contributed by atoms with van der Waals surface area (Å²) in [6.45, 7) is 10.9. The summed E-state index contributed by atoms with van der Waals surface area (Å²) in [6.07, 6.45) is 3.68. The molecular formula is C24H31NO4. The van der Waals surface area contributed by atoms with Gasteiger partial charge in [0.05, 0.1) is 5.92 Å². The molecule has 156 valence electrons.